The third kappa shape index (κ3) is 5.18. The summed E-state index contributed by atoms with van der Waals surface area (Å²) < 4.78 is 9.02. The van der Waals surface area contributed by atoms with Gasteiger partial charge in [0.1, 0.15) is 5.58 Å². The van der Waals surface area contributed by atoms with Crippen LogP contribution in [0.4, 0.5) is 0 Å². The minimum Gasteiger partial charge on any atom is -0.478 e. The molecular weight excluding hydrogens is 264 g/mol. The van der Waals surface area contributed by atoms with Gasteiger partial charge < -0.3 is 14.3 Å². The molecule has 0 aliphatic carbocycles. The van der Waals surface area contributed by atoms with Crippen LogP contribution in [0, 0.1) is 0 Å². The van der Waals surface area contributed by atoms with Crippen LogP contribution in [0.2, 0.25) is 0 Å². The molecule has 104 valence electrons. The lowest BCUT2D eigenvalue weighted by atomic mass is 10.2. The second kappa shape index (κ2) is 7.52. The number of carbonyl (C=O) groups is 2. The number of para-hydroxylation sites is 1. The smallest absolute Gasteiger partial charge is 0.336 e. The van der Waals surface area contributed by atoms with Gasteiger partial charge in [-0.25, -0.2) is 14.4 Å². The van der Waals surface area contributed by atoms with Crippen LogP contribution in [0.5, 0.6) is 0 Å². The number of carboxylic acids is 1. The Balaban J connectivity index is 0.000000206. The molecule has 0 aliphatic rings. The predicted molar refractivity (Wildman–Crippen MR) is 71.3 cm³/mol. The van der Waals surface area contributed by atoms with E-state index in [1.807, 2.05) is 18.2 Å². The zero-order chi connectivity index (χ0) is 15.0. The van der Waals surface area contributed by atoms with E-state index in [-0.39, 0.29) is 5.63 Å². The number of ether oxygens (including phenoxy) is 1. The molecule has 20 heavy (non-hydrogen) atoms. The van der Waals surface area contributed by atoms with Crippen molar-refractivity contribution in [2.75, 3.05) is 7.11 Å². The zero-order valence-corrected chi connectivity index (χ0v) is 10.6. The number of fused-ring (bicyclic) bond motifs is 1. The first-order chi connectivity index (χ1) is 9.52. The number of carboxylic acid groups (broad SMARTS) is 1. The molecule has 0 aliphatic heterocycles. The van der Waals surface area contributed by atoms with Crippen LogP contribution >= 0.6 is 0 Å². The Labute approximate surface area is 113 Å². The van der Waals surface area contributed by atoms with Crippen LogP contribution in [0.1, 0.15) is 0 Å². The van der Waals surface area contributed by atoms with Gasteiger partial charge in [-0.1, -0.05) is 18.2 Å². The average molecular weight is 276 g/mol. The van der Waals surface area contributed by atoms with Crippen molar-refractivity contribution >= 4 is 22.9 Å². The van der Waals surface area contributed by atoms with Gasteiger partial charge in [-0.2, -0.15) is 0 Å². The lowest BCUT2D eigenvalue weighted by Crippen LogP contribution is -1.96. The number of carbonyl (C=O) groups excluding carboxylic acids is 1. The van der Waals surface area contributed by atoms with Crippen LogP contribution in [0.3, 0.4) is 0 Å². The molecule has 0 radical (unpaired) electrons. The molecule has 2 rings (SSSR count). The Morgan fingerprint density at radius 3 is 2.50 bits per heavy atom. The molecular formula is C14H12O6. The van der Waals surface area contributed by atoms with Crippen molar-refractivity contribution in [3.05, 3.63) is 59.0 Å². The standard InChI is InChI=1S/C9H6O2.C5H6O4/c10-9-6-5-7-3-1-2-4-8(7)11-9;1-9-5(8)3-2-4(6)7/h1-6H;2-3H,1H3,(H,6,7)/b;3-2+. The number of aliphatic carboxylic acids is 1. The molecule has 1 N–H and O–H groups in total. The molecule has 0 atom stereocenters. The van der Waals surface area contributed by atoms with Crippen LogP contribution < -0.4 is 5.63 Å². The minimum atomic E-state index is -1.17. The van der Waals surface area contributed by atoms with Crippen molar-refractivity contribution in [3.63, 3.8) is 0 Å². The average Bonchev–Trinajstić information content (AvgIpc) is 2.45. The second-order valence-electron chi connectivity index (χ2n) is 3.49. The summed E-state index contributed by atoms with van der Waals surface area (Å²) in [6, 6.07) is 10.6. The van der Waals surface area contributed by atoms with Gasteiger partial charge in [-0.15, -0.1) is 0 Å². The third-order valence-corrected chi connectivity index (χ3v) is 2.09. The Morgan fingerprint density at radius 1 is 1.15 bits per heavy atom. The molecule has 0 fully saturated rings. The number of benzene rings is 1. The molecule has 6 nitrogen and oxygen atoms in total. The van der Waals surface area contributed by atoms with Gasteiger partial charge in [0.15, 0.2) is 0 Å². The maximum atomic E-state index is 10.7. The zero-order valence-electron chi connectivity index (χ0n) is 10.6. The van der Waals surface area contributed by atoms with Gasteiger partial charge >= 0.3 is 17.6 Å². The lowest BCUT2D eigenvalue weighted by Gasteiger charge is -1.91. The molecule has 0 spiro atoms. The fourth-order valence-electron chi connectivity index (χ4n) is 1.22. The summed E-state index contributed by atoms with van der Waals surface area (Å²) in [6.07, 6.45) is 1.55. The Hall–Kier alpha value is -2.89. The van der Waals surface area contributed by atoms with E-state index in [1.54, 1.807) is 12.1 Å². The van der Waals surface area contributed by atoms with E-state index in [2.05, 4.69) is 4.74 Å². The largest absolute Gasteiger partial charge is 0.478 e. The molecule has 6 heteroatoms. The summed E-state index contributed by atoms with van der Waals surface area (Å²) in [5, 5.41) is 8.91. The summed E-state index contributed by atoms with van der Waals surface area (Å²) in [7, 11) is 1.18. The van der Waals surface area contributed by atoms with Gasteiger partial charge in [0.25, 0.3) is 0 Å². The van der Waals surface area contributed by atoms with E-state index in [0.717, 1.165) is 11.5 Å². The van der Waals surface area contributed by atoms with Crippen LogP contribution in [0.15, 0.2) is 57.8 Å². The highest BCUT2D eigenvalue weighted by Crippen LogP contribution is 2.08. The highest BCUT2D eigenvalue weighted by atomic mass is 16.5. The molecule has 2 aromatic rings. The number of esters is 1. The van der Waals surface area contributed by atoms with Crippen molar-refractivity contribution in [1.29, 1.82) is 0 Å². The van der Waals surface area contributed by atoms with Gasteiger partial charge in [0, 0.05) is 23.6 Å². The van der Waals surface area contributed by atoms with E-state index in [9.17, 15) is 14.4 Å². The van der Waals surface area contributed by atoms with Crippen molar-refractivity contribution < 1.29 is 23.8 Å². The number of methoxy groups -OCH3 is 1. The van der Waals surface area contributed by atoms with E-state index < -0.39 is 11.9 Å². The highest BCUT2D eigenvalue weighted by molar-refractivity contribution is 5.90. The van der Waals surface area contributed by atoms with E-state index >= 15 is 0 Å². The number of hydrogen-bond donors (Lipinski definition) is 1. The fraction of sp³-hybridized carbons (Fsp3) is 0.0714. The molecule has 0 saturated heterocycles. The fourth-order valence-corrected chi connectivity index (χ4v) is 1.22. The molecule has 0 saturated carbocycles. The van der Waals surface area contributed by atoms with Crippen molar-refractivity contribution in [1.82, 2.24) is 0 Å². The quantitative estimate of drug-likeness (QED) is 0.508. The Morgan fingerprint density at radius 2 is 1.85 bits per heavy atom. The van der Waals surface area contributed by atoms with Gasteiger partial charge in [-0.3, -0.25) is 0 Å². The summed E-state index contributed by atoms with van der Waals surface area (Å²) in [4.78, 5) is 30.6. The van der Waals surface area contributed by atoms with Crippen molar-refractivity contribution in [2.45, 2.75) is 0 Å². The summed E-state index contributed by atoms with van der Waals surface area (Å²) in [5.41, 5.74) is 0.337. The van der Waals surface area contributed by atoms with Gasteiger partial charge in [0.05, 0.1) is 7.11 Å². The Bertz CT molecular complexity index is 683. The second-order valence-corrected chi connectivity index (χ2v) is 3.49. The number of rotatable bonds is 2. The predicted octanol–water partition coefficient (Wildman–Crippen LogP) is 1.59. The number of hydrogen-bond acceptors (Lipinski definition) is 5. The SMILES string of the molecule is COC(=O)/C=C/C(=O)O.O=c1ccc2ccccc2o1. The Kier molecular flexibility index (Phi) is 5.71. The minimum absolute atomic E-state index is 0.302. The third-order valence-electron chi connectivity index (χ3n) is 2.09. The molecule has 0 unspecified atom stereocenters. The first kappa shape index (κ1) is 15.2. The van der Waals surface area contributed by atoms with Crippen molar-refractivity contribution in [2.24, 2.45) is 0 Å². The van der Waals surface area contributed by atoms with Crippen molar-refractivity contribution in [3.8, 4) is 0 Å². The summed E-state index contributed by atoms with van der Waals surface area (Å²) in [6.45, 7) is 0. The monoisotopic (exact) mass is 276 g/mol. The maximum Gasteiger partial charge on any atom is 0.336 e. The summed E-state index contributed by atoms with van der Waals surface area (Å²) in [5.74, 6) is -1.84. The summed E-state index contributed by atoms with van der Waals surface area (Å²) >= 11 is 0. The molecule has 1 aromatic heterocycles. The van der Waals surface area contributed by atoms with Crippen LogP contribution in [-0.2, 0) is 14.3 Å². The van der Waals surface area contributed by atoms with E-state index in [4.69, 9.17) is 9.52 Å². The normalized spacial score (nSPS) is 9.85. The maximum absolute atomic E-state index is 10.7. The van der Waals surface area contributed by atoms with Gasteiger partial charge in [0.2, 0.25) is 0 Å². The van der Waals surface area contributed by atoms with E-state index in [0.29, 0.717) is 11.7 Å². The van der Waals surface area contributed by atoms with Crippen LogP contribution in [-0.4, -0.2) is 24.2 Å². The highest BCUT2D eigenvalue weighted by Gasteiger charge is 1.92. The molecule has 1 heterocycles. The van der Waals surface area contributed by atoms with Gasteiger partial charge in [-0.05, 0) is 12.1 Å². The topological polar surface area (TPSA) is 93.8 Å². The molecule has 0 amide bonds. The first-order valence-electron chi connectivity index (χ1n) is 5.51. The lowest BCUT2D eigenvalue weighted by molar-refractivity contribution is -0.136. The molecule has 1 aromatic carbocycles. The van der Waals surface area contributed by atoms with Crippen LogP contribution in [0.25, 0.3) is 11.0 Å². The first-order valence-corrected chi connectivity index (χ1v) is 5.51. The van der Waals surface area contributed by atoms with E-state index in [1.165, 1.54) is 13.2 Å². The molecule has 0 bridgehead atoms.